The van der Waals surface area contributed by atoms with Crippen LogP contribution in [0.3, 0.4) is 0 Å². The van der Waals surface area contributed by atoms with Crippen molar-refractivity contribution in [3.8, 4) is 5.75 Å². The molecule has 9 nitrogen and oxygen atoms in total. The third-order valence-corrected chi connectivity index (χ3v) is 5.73. The molecule has 2 heterocycles. The van der Waals surface area contributed by atoms with E-state index in [0.717, 1.165) is 5.56 Å². The van der Waals surface area contributed by atoms with Crippen LogP contribution in [0.1, 0.15) is 36.8 Å². The molecule has 10 heteroatoms. The van der Waals surface area contributed by atoms with Crippen molar-refractivity contribution < 1.29 is 22.1 Å². The molecule has 1 amide bonds. The molecule has 2 N–H and O–H groups in total. The van der Waals surface area contributed by atoms with Gasteiger partial charge in [0.05, 0.1) is 12.2 Å². The summed E-state index contributed by atoms with van der Waals surface area (Å²) in [5, 5.41) is -0.0303. The quantitative estimate of drug-likeness (QED) is 0.503. The fraction of sp³-hybridized carbons (Fsp3) is 0.286. The molecule has 0 aliphatic carbocycles. The summed E-state index contributed by atoms with van der Waals surface area (Å²) in [6.07, 6.45) is 2.53. The number of nitrogens with two attached hydrogens (primary N) is 1. The number of carbonyl (C=O) groups is 1. The Hall–Kier alpha value is -3.40. The highest BCUT2D eigenvalue weighted by Crippen LogP contribution is 2.29. The number of amides is 1. The summed E-state index contributed by atoms with van der Waals surface area (Å²) >= 11 is 0. The summed E-state index contributed by atoms with van der Waals surface area (Å²) in [4.78, 5) is 19.5. The zero-order valence-corrected chi connectivity index (χ0v) is 18.1. The Kier molecular flexibility index (Phi) is 6.91. The molecule has 3 rings (SSSR count). The maximum Gasteiger partial charge on any atom is 0.404 e. The van der Waals surface area contributed by atoms with E-state index in [1.807, 2.05) is 13.8 Å². The summed E-state index contributed by atoms with van der Waals surface area (Å²) < 4.78 is 38.5. The first-order valence-electron chi connectivity index (χ1n) is 9.68. The number of carbonyl (C=O) groups excluding carboxylic acids is 1. The number of primary amides is 1. The Morgan fingerprint density at radius 2 is 1.81 bits per heavy atom. The van der Waals surface area contributed by atoms with E-state index in [0.29, 0.717) is 11.5 Å². The lowest BCUT2D eigenvalue weighted by Gasteiger charge is -2.14. The molecule has 0 spiro atoms. The molecular formula is C21H24N4O5S. The second-order valence-electron chi connectivity index (χ2n) is 7.08. The molecule has 0 saturated carbocycles. The third-order valence-electron chi connectivity index (χ3n) is 4.42. The van der Waals surface area contributed by atoms with E-state index in [1.54, 1.807) is 59.4 Å². The van der Waals surface area contributed by atoms with Crippen molar-refractivity contribution in [1.29, 1.82) is 0 Å². The highest BCUT2D eigenvalue weighted by atomic mass is 32.2. The summed E-state index contributed by atoms with van der Waals surface area (Å²) in [6.45, 7) is 3.90. The van der Waals surface area contributed by atoms with Crippen molar-refractivity contribution in [2.45, 2.75) is 37.8 Å². The molecule has 2 aromatic heterocycles. The van der Waals surface area contributed by atoms with Crippen molar-refractivity contribution in [3.63, 3.8) is 0 Å². The Morgan fingerprint density at radius 1 is 1.13 bits per heavy atom. The lowest BCUT2D eigenvalue weighted by Crippen LogP contribution is -2.20. The number of nitrogens with zero attached hydrogens (tertiary/aromatic N) is 3. The molecule has 1 aromatic carbocycles. The van der Waals surface area contributed by atoms with Crippen LogP contribution in [0.5, 0.6) is 5.75 Å². The predicted octanol–water partition coefficient (Wildman–Crippen LogP) is 2.86. The van der Waals surface area contributed by atoms with Crippen molar-refractivity contribution >= 4 is 16.2 Å². The lowest BCUT2D eigenvalue weighted by atomic mass is 10.1. The molecule has 164 valence electrons. The average Bonchev–Trinajstić information content (AvgIpc) is 3.08. The monoisotopic (exact) mass is 444 g/mol. The van der Waals surface area contributed by atoms with Crippen LogP contribution in [-0.2, 0) is 27.8 Å². The Morgan fingerprint density at radius 3 is 2.42 bits per heavy atom. The van der Waals surface area contributed by atoms with E-state index in [2.05, 4.69) is 9.97 Å². The largest absolute Gasteiger partial charge is 0.449 e. The normalized spacial score (nSPS) is 11.5. The summed E-state index contributed by atoms with van der Waals surface area (Å²) in [5.74, 6) is 0.447. The van der Waals surface area contributed by atoms with Crippen molar-refractivity contribution in [2.24, 2.45) is 5.73 Å². The maximum absolute atomic E-state index is 13.3. The first kappa shape index (κ1) is 22.3. The van der Waals surface area contributed by atoms with Gasteiger partial charge in [0, 0.05) is 18.8 Å². The fourth-order valence-electron chi connectivity index (χ4n) is 3.05. The number of imidazole rings is 1. The molecule has 0 atom stereocenters. The zero-order valence-electron chi connectivity index (χ0n) is 17.3. The first-order valence-corrected chi connectivity index (χ1v) is 11.1. The molecule has 0 bridgehead atoms. The standard InChI is InChI=1S/C21H24N4O5S/c1-15(2)19-20(31(27,28)30-17-6-4-3-5-7-17)25(14-16-8-11-23-12-9-16)18(24-19)10-13-29-21(22)26/h3-9,11-12,15H,10,13-14H2,1-2H3,(H2,22,26). The van der Waals surface area contributed by atoms with Gasteiger partial charge in [0.25, 0.3) is 0 Å². The molecule has 0 fully saturated rings. The van der Waals surface area contributed by atoms with Gasteiger partial charge in [0.1, 0.15) is 18.2 Å². The van der Waals surface area contributed by atoms with Crippen LogP contribution < -0.4 is 9.92 Å². The second kappa shape index (κ2) is 9.61. The predicted molar refractivity (Wildman–Crippen MR) is 113 cm³/mol. The van der Waals surface area contributed by atoms with Crippen LogP contribution in [0, 0.1) is 0 Å². The van der Waals surface area contributed by atoms with Crippen LogP contribution in [0.15, 0.2) is 59.9 Å². The fourth-order valence-corrected chi connectivity index (χ4v) is 4.47. The van der Waals surface area contributed by atoms with Gasteiger partial charge in [0.15, 0.2) is 5.03 Å². The SMILES string of the molecule is CC(C)c1nc(CCOC(N)=O)n(Cc2ccncc2)c1S(=O)(=O)Oc1ccccc1. The smallest absolute Gasteiger partial charge is 0.404 e. The number of pyridine rings is 1. The molecular weight excluding hydrogens is 420 g/mol. The molecule has 3 aromatic rings. The number of para-hydroxylation sites is 1. The summed E-state index contributed by atoms with van der Waals surface area (Å²) in [5.41, 5.74) is 6.25. The van der Waals surface area contributed by atoms with Gasteiger partial charge < -0.3 is 19.2 Å². The molecule has 0 radical (unpaired) electrons. The van der Waals surface area contributed by atoms with Gasteiger partial charge in [-0.3, -0.25) is 4.98 Å². The van der Waals surface area contributed by atoms with Gasteiger partial charge in [-0.25, -0.2) is 9.78 Å². The molecule has 31 heavy (non-hydrogen) atoms. The van der Waals surface area contributed by atoms with Crippen LogP contribution in [-0.4, -0.2) is 35.7 Å². The number of hydrogen-bond acceptors (Lipinski definition) is 7. The minimum Gasteiger partial charge on any atom is -0.449 e. The number of aromatic nitrogens is 3. The summed E-state index contributed by atoms with van der Waals surface area (Å²) in [7, 11) is -4.21. The van der Waals surface area contributed by atoms with E-state index < -0.39 is 16.2 Å². The van der Waals surface area contributed by atoms with Crippen molar-refractivity contribution in [1.82, 2.24) is 14.5 Å². The Balaban J connectivity index is 2.09. The Labute approximate surface area is 181 Å². The molecule has 0 aliphatic rings. The second-order valence-corrected chi connectivity index (χ2v) is 8.54. The van der Waals surface area contributed by atoms with Gasteiger partial charge >= 0.3 is 16.2 Å². The highest BCUT2D eigenvalue weighted by Gasteiger charge is 2.31. The number of ether oxygens (including phenoxy) is 1. The van der Waals surface area contributed by atoms with Crippen molar-refractivity contribution in [3.05, 3.63) is 71.9 Å². The Bertz CT molecular complexity index is 1130. The maximum atomic E-state index is 13.3. The van der Waals surface area contributed by atoms with E-state index in [1.165, 1.54) is 0 Å². The van der Waals surface area contributed by atoms with Gasteiger partial charge in [-0.2, -0.15) is 8.42 Å². The third kappa shape index (κ3) is 5.60. The van der Waals surface area contributed by atoms with Crippen molar-refractivity contribution in [2.75, 3.05) is 6.61 Å². The topological polar surface area (TPSA) is 126 Å². The van der Waals surface area contributed by atoms with E-state index in [9.17, 15) is 13.2 Å². The lowest BCUT2D eigenvalue weighted by molar-refractivity contribution is 0.157. The van der Waals surface area contributed by atoms with Gasteiger partial charge in [-0.1, -0.05) is 32.0 Å². The minimum absolute atomic E-state index is 0.0285. The number of hydrogen-bond donors (Lipinski definition) is 1. The van der Waals surface area contributed by atoms with Gasteiger partial charge in [-0.05, 0) is 35.7 Å². The zero-order chi connectivity index (χ0) is 22.4. The van der Waals surface area contributed by atoms with E-state index in [-0.39, 0.29) is 36.3 Å². The van der Waals surface area contributed by atoms with Crippen LogP contribution in [0.2, 0.25) is 0 Å². The van der Waals surface area contributed by atoms with Crippen LogP contribution >= 0.6 is 0 Å². The number of benzene rings is 1. The summed E-state index contributed by atoms with van der Waals surface area (Å²) in [6, 6.07) is 11.9. The molecule has 0 unspecified atom stereocenters. The van der Waals surface area contributed by atoms with Crippen LogP contribution in [0.25, 0.3) is 0 Å². The highest BCUT2D eigenvalue weighted by molar-refractivity contribution is 7.87. The first-order chi connectivity index (χ1) is 14.8. The van der Waals surface area contributed by atoms with E-state index >= 15 is 0 Å². The molecule has 0 saturated heterocycles. The van der Waals surface area contributed by atoms with Crippen LogP contribution in [0.4, 0.5) is 4.79 Å². The van der Waals surface area contributed by atoms with Gasteiger partial charge in [0.2, 0.25) is 0 Å². The average molecular weight is 445 g/mol. The van der Waals surface area contributed by atoms with E-state index in [4.69, 9.17) is 14.7 Å². The molecule has 0 aliphatic heterocycles. The number of rotatable bonds is 9. The van der Waals surface area contributed by atoms with Gasteiger partial charge in [-0.15, -0.1) is 0 Å². The minimum atomic E-state index is -4.21.